The summed E-state index contributed by atoms with van der Waals surface area (Å²) in [5.74, 6) is -0.587. The van der Waals surface area contributed by atoms with Crippen molar-refractivity contribution in [3.05, 3.63) is 35.4 Å². The quantitative estimate of drug-likeness (QED) is 0.391. The highest BCUT2D eigenvalue weighted by Crippen LogP contribution is 2.31. The van der Waals surface area contributed by atoms with Crippen LogP contribution >= 0.6 is 0 Å². The predicted molar refractivity (Wildman–Crippen MR) is 82.8 cm³/mol. The molecule has 0 aliphatic carbocycles. The summed E-state index contributed by atoms with van der Waals surface area (Å²) in [6.45, 7) is 1.82. The fourth-order valence-corrected chi connectivity index (χ4v) is 2.14. The van der Waals surface area contributed by atoms with Crippen molar-refractivity contribution in [3.8, 4) is 5.75 Å². The van der Waals surface area contributed by atoms with Gasteiger partial charge in [-0.2, -0.15) is 8.78 Å². The monoisotopic (exact) mass is 342 g/mol. The number of alkyl halides is 2. The summed E-state index contributed by atoms with van der Waals surface area (Å²) >= 11 is 0. The van der Waals surface area contributed by atoms with Crippen LogP contribution in [0.5, 0.6) is 5.75 Å². The van der Waals surface area contributed by atoms with Gasteiger partial charge in [0.15, 0.2) is 0 Å². The number of esters is 1. The van der Waals surface area contributed by atoms with Crippen molar-refractivity contribution in [1.82, 2.24) is 0 Å². The lowest BCUT2D eigenvalue weighted by Crippen LogP contribution is -2.10. The smallest absolute Gasteiger partial charge is 0.387 e. The maximum Gasteiger partial charge on any atom is 0.387 e. The molecule has 0 N–H and O–H groups in total. The van der Waals surface area contributed by atoms with Crippen LogP contribution in [0.15, 0.2) is 24.3 Å². The number of benzene rings is 1. The standard InChI is InChI=1S/C17H20F2O5/c1-3-21-16(20)8-7-14-13(11(2)22-9-12-10-23-12)5-4-6-15(14)24-17(18)19/h4-8,11-12,17H,3,9-10H2,1-2H3/t11-,12+/m1/s1. The van der Waals surface area contributed by atoms with E-state index >= 15 is 0 Å². The first kappa shape index (κ1) is 18.4. The molecule has 2 rings (SSSR count). The molecule has 1 aromatic carbocycles. The Hall–Kier alpha value is -1.99. The van der Waals surface area contributed by atoms with E-state index in [0.717, 1.165) is 0 Å². The van der Waals surface area contributed by atoms with Crippen molar-refractivity contribution in [2.24, 2.45) is 0 Å². The molecule has 0 spiro atoms. The highest BCUT2D eigenvalue weighted by molar-refractivity contribution is 5.88. The van der Waals surface area contributed by atoms with E-state index in [4.69, 9.17) is 14.2 Å². The Balaban J connectivity index is 2.24. The van der Waals surface area contributed by atoms with Gasteiger partial charge in [0.1, 0.15) is 11.9 Å². The molecule has 0 unspecified atom stereocenters. The molecule has 0 bridgehead atoms. The number of halogens is 2. The lowest BCUT2D eigenvalue weighted by Gasteiger charge is -2.18. The molecule has 1 heterocycles. The topological polar surface area (TPSA) is 57.3 Å². The molecule has 1 aliphatic rings. The lowest BCUT2D eigenvalue weighted by atomic mass is 10.0. The fourth-order valence-electron chi connectivity index (χ4n) is 2.14. The highest BCUT2D eigenvalue weighted by atomic mass is 19.3. The molecular weight excluding hydrogens is 322 g/mol. The van der Waals surface area contributed by atoms with Gasteiger partial charge in [0.2, 0.25) is 0 Å². The van der Waals surface area contributed by atoms with Gasteiger partial charge in [-0.05, 0) is 31.6 Å². The number of hydrogen-bond donors (Lipinski definition) is 0. The zero-order valence-electron chi connectivity index (χ0n) is 13.5. The predicted octanol–water partition coefficient (Wildman–Crippen LogP) is 3.34. The second kappa shape index (κ2) is 8.75. The van der Waals surface area contributed by atoms with Gasteiger partial charge in [-0.3, -0.25) is 0 Å². The molecule has 1 aromatic rings. The van der Waals surface area contributed by atoms with Gasteiger partial charge >= 0.3 is 12.6 Å². The van der Waals surface area contributed by atoms with Crippen molar-refractivity contribution in [1.29, 1.82) is 0 Å². The van der Waals surface area contributed by atoms with Gasteiger partial charge in [-0.15, -0.1) is 0 Å². The van der Waals surface area contributed by atoms with Crippen LogP contribution in [0.3, 0.4) is 0 Å². The highest BCUT2D eigenvalue weighted by Gasteiger charge is 2.24. The lowest BCUT2D eigenvalue weighted by molar-refractivity contribution is -0.137. The number of epoxide rings is 1. The third kappa shape index (κ3) is 5.58. The molecule has 2 atom stereocenters. The van der Waals surface area contributed by atoms with E-state index in [0.29, 0.717) is 24.3 Å². The van der Waals surface area contributed by atoms with E-state index in [-0.39, 0.29) is 24.6 Å². The van der Waals surface area contributed by atoms with Gasteiger partial charge in [0, 0.05) is 11.6 Å². The Morgan fingerprint density at radius 2 is 2.21 bits per heavy atom. The number of carbonyl (C=O) groups excluding carboxylic acids is 1. The average Bonchev–Trinajstić information content (AvgIpc) is 3.35. The second-order valence-corrected chi connectivity index (χ2v) is 5.15. The molecule has 7 heteroatoms. The Bertz CT molecular complexity index is 584. The van der Waals surface area contributed by atoms with Crippen LogP contribution in [0.1, 0.15) is 31.1 Å². The molecule has 24 heavy (non-hydrogen) atoms. The van der Waals surface area contributed by atoms with Gasteiger partial charge in [-0.1, -0.05) is 12.1 Å². The molecule has 0 aromatic heterocycles. The minimum atomic E-state index is -2.97. The van der Waals surface area contributed by atoms with E-state index in [2.05, 4.69) is 4.74 Å². The molecule has 0 saturated carbocycles. The minimum Gasteiger partial charge on any atom is -0.463 e. The van der Waals surface area contributed by atoms with E-state index in [9.17, 15) is 13.6 Å². The maximum atomic E-state index is 12.6. The third-order valence-corrected chi connectivity index (χ3v) is 3.36. The van der Waals surface area contributed by atoms with Crippen LogP contribution in [0.4, 0.5) is 8.78 Å². The molecule has 0 radical (unpaired) electrons. The fraction of sp³-hybridized carbons (Fsp3) is 0.471. The van der Waals surface area contributed by atoms with Crippen molar-refractivity contribution in [2.75, 3.05) is 19.8 Å². The van der Waals surface area contributed by atoms with Crippen molar-refractivity contribution >= 4 is 12.0 Å². The van der Waals surface area contributed by atoms with Crippen molar-refractivity contribution in [2.45, 2.75) is 32.7 Å². The third-order valence-electron chi connectivity index (χ3n) is 3.36. The van der Waals surface area contributed by atoms with Gasteiger partial charge < -0.3 is 18.9 Å². The molecule has 1 saturated heterocycles. The summed E-state index contributed by atoms with van der Waals surface area (Å²) in [5, 5.41) is 0. The largest absolute Gasteiger partial charge is 0.463 e. The summed E-state index contributed by atoms with van der Waals surface area (Å²) in [4.78, 5) is 11.5. The van der Waals surface area contributed by atoms with Crippen molar-refractivity contribution in [3.63, 3.8) is 0 Å². The molecule has 5 nitrogen and oxygen atoms in total. The maximum absolute atomic E-state index is 12.6. The van der Waals surface area contributed by atoms with Crippen LogP contribution < -0.4 is 4.74 Å². The second-order valence-electron chi connectivity index (χ2n) is 5.15. The number of carbonyl (C=O) groups is 1. The Morgan fingerprint density at radius 1 is 1.46 bits per heavy atom. The Morgan fingerprint density at radius 3 is 2.83 bits per heavy atom. The average molecular weight is 342 g/mol. The molecular formula is C17H20F2O5. The normalized spacial score (nSPS) is 18.0. The van der Waals surface area contributed by atoms with E-state index in [1.54, 1.807) is 26.0 Å². The SMILES string of the molecule is CCOC(=O)C=Cc1c(OC(F)F)cccc1[C@@H](C)OC[C@H]1CO1. The minimum absolute atomic E-state index is 0.0267. The zero-order chi connectivity index (χ0) is 17.5. The number of ether oxygens (including phenoxy) is 4. The van der Waals surface area contributed by atoms with Crippen LogP contribution in [-0.4, -0.2) is 38.5 Å². The van der Waals surface area contributed by atoms with Crippen LogP contribution in [0.25, 0.3) is 6.08 Å². The number of hydrogen-bond acceptors (Lipinski definition) is 5. The van der Waals surface area contributed by atoms with Gasteiger partial charge in [-0.25, -0.2) is 4.79 Å². The zero-order valence-corrected chi connectivity index (χ0v) is 13.5. The summed E-state index contributed by atoms with van der Waals surface area (Å²) in [5.41, 5.74) is 0.990. The molecule has 132 valence electrons. The van der Waals surface area contributed by atoms with Gasteiger partial charge in [0.05, 0.1) is 25.9 Å². The summed E-state index contributed by atoms with van der Waals surface area (Å²) in [6, 6.07) is 4.75. The van der Waals surface area contributed by atoms with Crippen molar-refractivity contribution < 1.29 is 32.5 Å². The molecule has 0 amide bonds. The van der Waals surface area contributed by atoms with E-state index < -0.39 is 12.6 Å². The van der Waals surface area contributed by atoms with Crippen LogP contribution in [0.2, 0.25) is 0 Å². The summed E-state index contributed by atoms with van der Waals surface area (Å²) in [7, 11) is 0. The molecule has 1 fully saturated rings. The van der Waals surface area contributed by atoms with Crippen LogP contribution in [-0.2, 0) is 19.0 Å². The first-order chi connectivity index (χ1) is 11.5. The summed E-state index contributed by atoms with van der Waals surface area (Å²) in [6.07, 6.45) is 2.29. The Kier molecular flexibility index (Phi) is 6.69. The molecule has 1 aliphatic heterocycles. The first-order valence-electron chi connectivity index (χ1n) is 7.67. The summed E-state index contributed by atoms with van der Waals surface area (Å²) < 4.78 is 45.4. The van der Waals surface area contributed by atoms with Crippen LogP contribution in [0, 0.1) is 0 Å². The van der Waals surface area contributed by atoms with Gasteiger partial charge in [0.25, 0.3) is 0 Å². The van der Waals surface area contributed by atoms with E-state index in [1.807, 2.05) is 0 Å². The van der Waals surface area contributed by atoms with E-state index in [1.165, 1.54) is 18.2 Å². The first-order valence-corrected chi connectivity index (χ1v) is 7.67. The number of rotatable bonds is 9. The Labute approximate surface area is 139 Å².